The van der Waals surface area contributed by atoms with Gasteiger partial charge in [-0.1, -0.05) is 22.6 Å². The van der Waals surface area contributed by atoms with Gasteiger partial charge in [-0.15, -0.1) is 0 Å². The number of halogens is 3. The number of aromatic nitrogens is 1. The fourth-order valence-corrected chi connectivity index (χ4v) is 6.20. The van der Waals surface area contributed by atoms with E-state index in [9.17, 15) is 28.2 Å². The molecule has 4 aromatic rings. The van der Waals surface area contributed by atoms with Crippen molar-refractivity contribution in [2.75, 3.05) is 13.2 Å². The SMILES string of the molecule is BC1(B)COCC(B)(B)C1(B)c1c(-c2ccc(C(=O)O)cc2)c2c(O)cc(F)cc2n1-c1ccc(F)c(F)c1. The first-order valence-electron chi connectivity index (χ1n) is 12.6. The summed E-state index contributed by atoms with van der Waals surface area (Å²) >= 11 is 0. The van der Waals surface area contributed by atoms with Crippen molar-refractivity contribution in [3.63, 3.8) is 0 Å². The van der Waals surface area contributed by atoms with Crippen molar-refractivity contribution in [2.24, 2.45) is 0 Å². The van der Waals surface area contributed by atoms with Crippen LogP contribution in [0.15, 0.2) is 54.6 Å². The summed E-state index contributed by atoms with van der Waals surface area (Å²) in [6.07, 6.45) is 0. The van der Waals surface area contributed by atoms with Crippen molar-refractivity contribution in [2.45, 2.75) is 15.7 Å². The van der Waals surface area contributed by atoms with E-state index in [1.165, 1.54) is 24.3 Å². The minimum absolute atomic E-state index is 0.0813. The Bertz CT molecular complexity index is 1620. The molecule has 0 amide bonds. The number of ether oxygens (including phenoxy) is 1. The first-order valence-corrected chi connectivity index (χ1v) is 12.6. The summed E-state index contributed by atoms with van der Waals surface area (Å²) in [5.41, 5.74) is 2.39. The Hall–Kier alpha value is -3.46. The molecule has 0 aliphatic carbocycles. The molecule has 0 radical (unpaired) electrons. The van der Waals surface area contributed by atoms with Crippen LogP contribution in [0.4, 0.5) is 13.2 Å². The van der Waals surface area contributed by atoms with Gasteiger partial charge in [0.05, 0.1) is 16.5 Å². The maximum Gasteiger partial charge on any atom is 0.335 e. The maximum absolute atomic E-state index is 14.9. The lowest BCUT2D eigenvalue weighted by molar-refractivity contribution is 0.0503. The monoisotopic (exact) mass is 527 g/mol. The van der Waals surface area contributed by atoms with Gasteiger partial charge < -0.3 is 19.5 Å². The van der Waals surface area contributed by atoms with E-state index < -0.39 is 39.2 Å². The quantitative estimate of drug-likeness (QED) is 0.385. The average Bonchev–Trinajstić information content (AvgIpc) is 3.19. The highest BCUT2D eigenvalue weighted by Crippen LogP contribution is 2.60. The highest BCUT2D eigenvalue weighted by molar-refractivity contribution is 6.53. The molecule has 0 saturated carbocycles. The standard InChI is InChI=1S/C26H25B5F3NO4/c27-24(28)10-39-11-25(29,30)26(24,31)22-20(12-1-3-13(4-2-12)23(37)38)21-18(7-14(32)8-19(21)36)35(22)15-5-6-16(33)17(34)9-15/h1-9,36H,10-11,27-31H2,(H,37,38). The molecule has 0 spiro atoms. The van der Waals surface area contributed by atoms with E-state index in [1.54, 1.807) is 16.7 Å². The van der Waals surface area contributed by atoms with E-state index in [1.807, 2.05) is 0 Å². The number of carbonyl (C=O) groups is 1. The van der Waals surface area contributed by atoms with E-state index in [0.717, 1.165) is 18.2 Å². The van der Waals surface area contributed by atoms with Crippen LogP contribution in [0.3, 0.4) is 0 Å². The third-order valence-corrected chi connectivity index (χ3v) is 8.70. The van der Waals surface area contributed by atoms with E-state index in [4.69, 9.17) is 4.74 Å². The van der Waals surface area contributed by atoms with Crippen molar-refractivity contribution in [3.05, 3.63) is 83.3 Å². The van der Waals surface area contributed by atoms with Crippen molar-refractivity contribution in [1.29, 1.82) is 0 Å². The molecule has 1 aromatic heterocycles. The lowest BCUT2D eigenvalue weighted by Gasteiger charge is -2.59. The van der Waals surface area contributed by atoms with Gasteiger partial charge in [0, 0.05) is 42.3 Å². The molecule has 2 N–H and O–H groups in total. The number of benzene rings is 3. The Kier molecular flexibility index (Phi) is 6.29. The summed E-state index contributed by atoms with van der Waals surface area (Å²) in [5.74, 6) is -4.20. The summed E-state index contributed by atoms with van der Waals surface area (Å²) in [6, 6.07) is 12.0. The number of carboxylic acids is 1. The zero-order chi connectivity index (χ0) is 28.5. The molecular weight excluding hydrogens is 501 g/mol. The molecule has 13 heteroatoms. The van der Waals surface area contributed by atoms with Crippen LogP contribution in [0, 0.1) is 17.5 Å². The molecule has 1 aliphatic heterocycles. The van der Waals surface area contributed by atoms with Crippen LogP contribution in [0.5, 0.6) is 5.75 Å². The minimum atomic E-state index is -1.09. The van der Waals surface area contributed by atoms with Crippen molar-refractivity contribution < 1.29 is 32.9 Å². The van der Waals surface area contributed by atoms with E-state index in [0.29, 0.717) is 35.4 Å². The average molecular weight is 527 g/mol. The highest BCUT2D eigenvalue weighted by Gasteiger charge is 2.57. The van der Waals surface area contributed by atoms with E-state index >= 15 is 0 Å². The number of carboxylic acid groups (broad SMARTS) is 1. The molecule has 0 atom stereocenters. The van der Waals surface area contributed by atoms with Gasteiger partial charge in [0.15, 0.2) is 11.6 Å². The molecule has 1 fully saturated rings. The number of fused-ring (bicyclic) bond motifs is 1. The van der Waals surface area contributed by atoms with Crippen LogP contribution in [0.2, 0.25) is 10.4 Å². The minimum Gasteiger partial charge on any atom is -0.507 e. The Morgan fingerprint density at radius 3 is 2.05 bits per heavy atom. The largest absolute Gasteiger partial charge is 0.507 e. The summed E-state index contributed by atoms with van der Waals surface area (Å²) in [7, 11) is 10.3. The molecule has 0 unspecified atom stereocenters. The van der Waals surface area contributed by atoms with Gasteiger partial charge >= 0.3 is 5.97 Å². The number of hydrogen-bond donors (Lipinski definition) is 2. The summed E-state index contributed by atoms with van der Waals surface area (Å²) in [5, 5.41) is 19.1. The first kappa shape index (κ1) is 27.1. The normalized spacial score (nSPS) is 17.7. The van der Waals surface area contributed by atoms with Crippen LogP contribution in [-0.4, -0.2) is 73.2 Å². The molecule has 39 heavy (non-hydrogen) atoms. The van der Waals surface area contributed by atoms with Gasteiger partial charge in [-0.2, -0.15) is 0 Å². The Morgan fingerprint density at radius 2 is 1.49 bits per heavy atom. The predicted molar refractivity (Wildman–Crippen MR) is 158 cm³/mol. The van der Waals surface area contributed by atoms with Gasteiger partial charge in [-0.25, -0.2) is 18.0 Å². The molecule has 1 aliphatic rings. The number of phenolic OH excluding ortho intramolecular Hbond substituents is 1. The Balaban J connectivity index is 2.03. The number of aromatic hydroxyl groups is 1. The van der Waals surface area contributed by atoms with Crippen LogP contribution < -0.4 is 0 Å². The molecular formula is C26H25B5F3NO4. The van der Waals surface area contributed by atoms with Crippen molar-refractivity contribution >= 4 is 56.1 Å². The van der Waals surface area contributed by atoms with Crippen LogP contribution in [-0.2, 0) is 10.1 Å². The van der Waals surface area contributed by atoms with Gasteiger partial charge in [-0.3, -0.25) is 0 Å². The van der Waals surface area contributed by atoms with E-state index in [2.05, 4.69) is 39.2 Å². The Morgan fingerprint density at radius 1 is 0.872 bits per heavy atom. The second-order valence-corrected chi connectivity index (χ2v) is 11.7. The van der Waals surface area contributed by atoms with Gasteiger partial charge in [0.25, 0.3) is 0 Å². The molecule has 5 nitrogen and oxygen atoms in total. The third-order valence-electron chi connectivity index (χ3n) is 8.70. The first-order chi connectivity index (χ1) is 18.2. The topological polar surface area (TPSA) is 71.7 Å². The summed E-state index contributed by atoms with van der Waals surface area (Å²) in [6.45, 7) is 0.786. The van der Waals surface area contributed by atoms with Gasteiger partial charge in [0.1, 0.15) is 50.8 Å². The van der Waals surface area contributed by atoms with Crippen molar-refractivity contribution in [3.8, 4) is 22.6 Å². The molecule has 1 saturated heterocycles. The molecule has 0 bridgehead atoms. The maximum atomic E-state index is 14.9. The van der Waals surface area contributed by atoms with Crippen LogP contribution in [0.25, 0.3) is 27.7 Å². The smallest absolute Gasteiger partial charge is 0.335 e. The molecule has 194 valence electrons. The highest BCUT2D eigenvalue weighted by atomic mass is 19.2. The van der Waals surface area contributed by atoms with Crippen molar-refractivity contribution in [1.82, 2.24) is 4.57 Å². The number of nitrogens with zero attached hydrogens (tertiary/aromatic N) is 1. The third kappa shape index (κ3) is 4.01. The Labute approximate surface area is 228 Å². The molecule has 5 rings (SSSR count). The zero-order valence-corrected chi connectivity index (χ0v) is 22.4. The lowest BCUT2D eigenvalue weighted by Crippen LogP contribution is -2.60. The zero-order valence-electron chi connectivity index (χ0n) is 22.4. The number of rotatable bonds is 4. The fraction of sp³-hybridized carbons (Fsp3) is 0.192. The lowest BCUT2D eigenvalue weighted by atomic mass is 9.21. The fourth-order valence-electron chi connectivity index (χ4n) is 6.20. The van der Waals surface area contributed by atoms with E-state index in [-0.39, 0.29) is 22.5 Å². The second kappa shape index (κ2) is 9.05. The molecule has 2 heterocycles. The number of aromatic carboxylic acids is 1. The predicted octanol–water partition coefficient (Wildman–Crippen LogP) is 0.742. The van der Waals surface area contributed by atoms with Gasteiger partial charge in [0.2, 0.25) is 0 Å². The van der Waals surface area contributed by atoms with Crippen LogP contribution in [0.1, 0.15) is 16.1 Å². The van der Waals surface area contributed by atoms with Crippen LogP contribution >= 0.6 is 0 Å². The number of hydrogen-bond acceptors (Lipinski definition) is 3. The number of phenols is 1. The van der Waals surface area contributed by atoms with Gasteiger partial charge in [-0.05, 0) is 41.2 Å². The molecule has 3 aromatic carbocycles. The summed E-state index contributed by atoms with van der Waals surface area (Å²) in [4.78, 5) is 11.6. The summed E-state index contributed by atoms with van der Waals surface area (Å²) < 4.78 is 51.3. The second-order valence-electron chi connectivity index (χ2n) is 11.7.